The zero-order valence-corrected chi connectivity index (χ0v) is 18.2. The summed E-state index contributed by atoms with van der Waals surface area (Å²) in [7, 11) is -3.66. The molecule has 29 heavy (non-hydrogen) atoms. The maximum atomic E-state index is 13.3. The molecule has 1 aliphatic heterocycles. The van der Waals surface area contributed by atoms with E-state index in [9.17, 15) is 13.2 Å². The Labute approximate surface area is 178 Å². The number of nitrogens with one attached hydrogen (secondary N) is 1. The lowest BCUT2D eigenvalue weighted by atomic mass is 9.61. The van der Waals surface area contributed by atoms with Gasteiger partial charge in [0.2, 0.25) is 15.9 Å². The van der Waals surface area contributed by atoms with E-state index in [1.807, 2.05) is 0 Å². The first kappa shape index (κ1) is 19.8. The van der Waals surface area contributed by atoms with Gasteiger partial charge in [0.1, 0.15) is 4.90 Å². The lowest BCUT2D eigenvalue weighted by Crippen LogP contribution is -2.51. The Morgan fingerprint density at radius 2 is 1.93 bits per heavy atom. The highest BCUT2D eigenvalue weighted by Crippen LogP contribution is 2.62. The molecule has 1 aromatic carbocycles. The van der Waals surface area contributed by atoms with Crippen molar-refractivity contribution in [3.8, 4) is 0 Å². The van der Waals surface area contributed by atoms with Gasteiger partial charge in [-0.3, -0.25) is 4.79 Å². The van der Waals surface area contributed by atoms with Crippen molar-refractivity contribution in [3.63, 3.8) is 0 Å². The number of hydrogen-bond donors (Lipinski definition) is 1. The fraction of sp³-hybridized carbons (Fsp3) is 0.682. The van der Waals surface area contributed by atoms with Crippen LogP contribution in [0.25, 0.3) is 0 Å². The van der Waals surface area contributed by atoms with Crippen LogP contribution in [0.2, 0.25) is 5.02 Å². The molecule has 0 spiro atoms. The van der Waals surface area contributed by atoms with Crippen LogP contribution in [0.4, 0.5) is 0 Å². The third-order valence-electron chi connectivity index (χ3n) is 7.99. The van der Waals surface area contributed by atoms with Crippen LogP contribution >= 0.6 is 11.6 Å². The van der Waals surface area contributed by atoms with Crippen LogP contribution in [0.3, 0.4) is 0 Å². The van der Waals surface area contributed by atoms with Crippen LogP contribution in [0.5, 0.6) is 0 Å². The van der Waals surface area contributed by atoms with Gasteiger partial charge in [-0.1, -0.05) is 30.2 Å². The molecule has 0 radical (unpaired) electrons. The molecule has 1 N–H and O–H groups in total. The average molecular weight is 437 g/mol. The van der Waals surface area contributed by atoms with Crippen molar-refractivity contribution >= 4 is 27.5 Å². The summed E-state index contributed by atoms with van der Waals surface area (Å²) in [5.74, 6) is 2.13. The molecule has 5 rings (SSSR count). The second-order valence-electron chi connectivity index (χ2n) is 9.59. The van der Waals surface area contributed by atoms with Gasteiger partial charge in [-0.15, -0.1) is 0 Å². The molecular formula is C22H29ClN2O3S. The van der Waals surface area contributed by atoms with Gasteiger partial charge in [-0.05, 0) is 74.8 Å². The Kier molecular flexibility index (Phi) is 4.95. The van der Waals surface area contributed by atoms with Gasteiger partial charge in [0.15, 0.2) is 0 Å². The highest BCUT2D eigenvalue weighted by Gasteiger charge is 2.58. The summed E-state index contributed by atoms with van der Waals surface area (Å²) in [6.07, 6.45) is 8.62. The molecule has 1 aromatic rings. The third kappa shape index (κ3) is 3.22. The molecule has 3 bridgehead atoms. The maximum absolute atomic E-state index is 13.3. The number of nitrogens with zero attached hydrogens (tertiary/aromatic N) is 1. The van der Waals surface area contributed by atoms with Crippen molar-refractivity contribution in [2.45, 2.75) is 62.3 Å². The van der Waals surface area contributed by atoms with E-state index < -0.39 is 10.0 Å². The molecule has 3 saturated carbocycles. The highest BCUT2D eigenvalue weighted by molar-refractivity contribution is 7.89. The maximum Gasteiger partial charge on any atom is 0.244 e. The van der Waals surface area contributed by atoms with E-state index in [0.29, 0.717) is 24.9 Å². The molecule has 4 fully saturated rings. The molecule has 5 atom stereocenters. The van der Waals surface area contributed by atoms with Gasteiger partial charge >= 0.3 is 0 Å². The van der Waals surface area contributed by atoms with Crippen molar-refractivity contribution in [2.24, 2.45) is 23.2 Å². The van der Waals surface area contributed by atoms with E-state index in [0.717, 1.165) is 31.6 Å². The Hall–Kier alpha value is -1.11. The fourth-order valence-corrected chi connectivity index (χ4v) is 9.00. The van der Waals surface area contributed by atoms with Crippen LogP contribution < -0.4 is 5.32 Å². The SMILES string of the molecule is O=C(NCC1CCCN1S(=O)(=O)c1ccccc1Cl)C12C[C@@H]3C[C@H](CC[C@@H]1C3)C2. The number of carbonyl (C=O) groups excluding carboxylic acids is 1. The number of hydrogen-bond acceptors (Lipinski definition) is 3. The summed E-state index contributed by atoms with van der Waals surface area (Å²) >= 11 is 6.17. The molecular weight excluding hydrogens is 408 g/mol. The van der Waals surface area contributed by atoms with Crippen molar-refractivity contribution in [1.82, 2.24) is 9.62 Å². The number of amides is 1. The molecule has 1 heterocycles. The van der Waals surface area contributed by atoms with Gasteiger partial charge in [0, 0.05) is 19.1 Å². The van der Waals surface area contributed by atoms with Crippen molar-refractivity contribution in [2.75, 3.05) is 13.1 Å². The molecule has 0 aromatic heterocycles. The number of fused-ring (bicyclic) bond motifs is 2. The normalized spacial score (nSPS) is 36.4. The number of halogens is 1. The van der Waals surface area contributed by atoms with Gasteiger partial charge in [-0.25, -0.2) is 8.42 Å². The molecule has 1 saturated heterocycles. The fourth-order valence-electron chi connectivity index (χ4n) is 6.81. The summed E-state index contributed by atoms with van der Waals surface area (Å²) in [6, 6.07) is 6.39. The first-order valence-electron chi connectivity index (χ1n) is 10.9. The highest BCUT2D eigenvalue weighted by atomic mass is 35.5. The van der Waals surface area contributed by atoms with E-state index in [1.54, 1.807) is 24.3 Å². The minimum atomic E-state index is -3.66. The Balaban J connectivity index is 1.30. The Morgan fingerprint density at radius 1 is 1.14 bits per heavy atom. The summed E-state index contributed by atoms with van der Waals surface area (Å²) < 4.78 is 27.9. The first-order chi connectivity index (χ1) is 13.9. The largest absolute Gasteiger partial charge is 0.354 e. The Morgan fingerprint density at radius 3 is 2.76 bits per heavy atom. The molecule has 4 aliphatic rings. The summed E-state index contributed by atoms with van der Waals surface area (Å²) in [5.41, 5.74) is -0.184. The van der Waals surface area contributed by atoms with E-state index >= 15 is 0 Å². The van der Waals surface area contributed by atoms with Crippen molar-refractivity contribution in [1.29, 1.82) is 0 Å². The monoisotopic (exact) mass is 436 g/mol. The van der Waals surface area contributed by atoms with E-state index in [1.165, 1.54) is 30.0 Å². The summed E-state index contributed by atoms with van der Waals surface area (Å²) in [5, 5.41) is 3.43. The lowest BCUT2D eigenvalue weighted by molar-refractivity contribution is -0.138. The zero-order valence-electron chi connectivity index (χ0n) is 16.6. The molecule has 2 unspecified atom stereocenters. The number of carbonyl (C=O) groups is 1. The van der Waals surface area contributed by atoms with Crippen molar-refractivity contribution < 1.29 is 13.2 Å². The van der Waals surface area contributed by atoms with Crippen LogP contribution in [-0.2, 0) is 14.8 Å². The molecule has 7 heteroatoms. The van der Waals surface area contributed by atoms with Crippen LogP contribution in [0, 0.1) is 23.2 Å². The number of rotatable bonds is 5. The van der Waals surface area contributed by atoms with Crippen LogP contribution in [0.15, 0.2) is 29.2 Å². The number of benzene rings is 1. The smallest absolute Gasteiger partial charge is 0.244 e. The van der Waals surface area contributed by atoms with Crippen LogP contribution in [-0.4, -0.2) is 37.8 Å². The van der Waals surface area contributed by atoms with E-state index in [4.69, 9.17) is 11.6 Å². The van der Waals surface area contributed by atoms with Crippen molar-refractivity contribution in [3.05, 3.63) is 29.3 Å². The topological polar surface area (TPSA) is 66.5 Å². The van der Waals surface area contributed by atoms with Gasteiger partial charge in [0.05, 0.1) is 10.4 Å². The predicted molar refractivity (Wildman–Crippen MR) is 112 cm³/mol. The lowest BCUT2D eigenvalue weighted by Gasteiger charge is -2.44. The minimum absolute atomic E-state index is 0.154. The standard InChI is InChI=1S/C22H29ClN2O3S/c23-19-5-1-2-6-20(19)29(27,28)25-9-3-4-18(25)14-24-21(26)22-12-15-7-8-17(22)11-16(10-15)13-22/h1-2,5-6,15-18H,3-4,7-14H2,(H,24,26)/t15-,16+,17+,18?,22?/m0/s1. The molecule has 158 valence electrons. The predicted octanol–water partition coefficient (Wildman–Crippen LogP) is 3.83. The molecule has 3 aliphatic carbocycles. The van der Waals surface area contributed by atoms with Gasteiger partial charge in [0.25, 0.3) is 0 Å². The minimum Gasteiger partial charge on any atom is -0.354 e. The quantitative estimate of drug-likeness (QED) is 0.762. The zero-order chi connectivity index (χ0) is 20.2. The van der Waals surface area contributed by atoms with Gasteiger partial charge < -0.3 is 5.32 Å². The second kappa shape index (κ2) is 7.24. The summed E-state index contributed by atoms with van der Waals surface area (Å²) in [6.45, 7) is 0.873. The molecule has 1 amide bonds. The second-order valence-corrected chi connectivity index (χ2v) is 11.9. The molecule has 5 nitrogen and oxygen atoms in total. The third-order valence-corrected chi connectivity index (χ3v) is 10.4. The first-order valence-corrected chi connectivity index (χ1v) is 12.8. The summed E-state index contributed by atoms with van der Waals surface area (Å²) in [4.78, 5) is 13.5. The number of sulfonamides is 1. The van der Waals surface area contributed by atoms with Crippen LogP contribution in [0.1, 0.15) is 51.4 Å². The van der Waals surface area contributed by atoms with E-state index in [-0.39, 0.29) is 27.3 Å². The van der Waals surface area contributed by atoms with E-state index in [2.05, 4.69) is 5.32 Å². The van der Waals surface area contributed by atoms with Gasteiger partial charge in [-0.2, -0.15) is 4.31 Å². The average Bonchev–Trinajstić information content (AvgIpc) is 3.23. The Bertz CT molecular complexity index is 920.